The van der Waals surface area contributed by atoms with E-state index >= 15 is 0 Å². The quantitative estimate of drug-likeness (QED) is 0.869. The summed E-state index contributed by atoms with van der Waals surface area (Å²) in [6, 6.07) is 1.24. The molecule has 0 aliphatic heterocycles. The third-order valence-corrected chi connectivity index (χ3v) is 1.97. The summed E-state index contributed by atoms with van der Waals surface area (Å²) in [5, 5.41) is 2.82. The minimum atomic E-state index is -4.63. The Balaban J connectivity index is 3.00. The Bertz CT molecular complexity index is 420. The molecule has 0 aliphatic rings. The molecule has 1 heterocycles. The van der Waals surface area contributed by atoms with Crippen LogP contribution in [0.4, 0.5) is 24.8 Å². The topological polar surface area (TPSA) is 73.1 Å². The van der Waals surface area contributed by atoms with E-state index in [0.29, 0.717) is 6.61 Å². The van der Waals surface area contributed by atoms with Gasteiger partial charge in [0, 0.05) is 13.2 Å². The van der Waals surface area contributed by atoms with Gasteiger partial charge < -0.3 is 15.8 Å². The molecule has 0 unspecified atom stereocenters. The first-order valence-corrected chi connectivity index (χ1v) is 5.13. The highest BCUT2D eigenvalue weighted by Gasteiger charge is 2.35. The van der Waals surface area contributed by atoms with E-state index in [2.05, 4.69) is 15.3 Å². The summed E-state index contributed by atoms with van der Waals surface area (Å²) in [6.07, 6.45) is -4.63. The van der Waals surface area contributed by atoms with Crippen molar-refractivity contribution in [2.75, 3.05) is 24.8 Å². The number of nitrogens with one attached hydrogen (secondary N) is 1. The third kappa shape index (κ3) is 4.02. The largest absolute Gasteiger partial charge is 0.451 e. The van der Waals surface area contributed by atoms with E-state index < -0.39 is 17.5 Å². The van der Waals surface area contributed by atoms with E-state index in [-0.39, 0.29) is 11.6 Å². The van der Waals surface area contributed by atoms with Gasteiger partial charge in [0.25, 0.3) is 0 Å². The molecule has 3 N–H and O–H groups in total. The lowest BCUT2D eigenvalue weighted by Crippen LogP contribution is -2.36. The molecule has 5 nitrogen and oxygen atoms in total. The first-order valence-electron chi connectivity index (χ1n) is 5.13. The van der Waals surface area contributed by atoms with Gasteiger partial charge in [-0.2, -0.15) is 13.2 Å². The van der Waals surface area contributed by atoms with E-state index in [1.165, 1.54) is 13.2 Å². The minimum Gasteiger partial charge on any atom is -0.384 e. The summed E-state index contributed by atoms with van der Waals surface area (Å²) < 4.78 is 42.4. The molecule has 0 aromatic carbocycles. The molecule has 0 saturated carbocycles. The number of anilines is 2. The van der Waals surface area contributed by atoms with Crippen molar-refractivity contribution in [2.24, 2.45) is 0 Å². The number of ether oxygens (including phenoxy) is 1. The maximum Gasteiger partial charge on any atom is 0.451 e. The molecule has 102 valence electrons. The molecule has 1 rings (SSSR count). The van der Waals surface area contributed by atoms with Crippen LogP contribution in [0.5, 0.6) is 0 Å². The van der Waals surface area contributed by atoms with Crippen LogP contribution in [0.1, 0.15) is 19.7 Å². The highest BCUT2D eigenvalue weighted by Crippen LogP contribution is 2.28. The van der Waals surface area contributed by atoms with Crippen LogP contribution in [-0.2, 0) is 10.9 Å². The summed E-state index contributed by atoms with van der Waals surface area (Å²) in [6.45, 7) is 3.84. The molecular formula is C10H15F3N4O. The van der Waals surface area contributed by atoms with E-state index in [4.69, 9.17) is 10.5 Å². The van der Waals surface area contributed by atoms with Crippen LogP contribution in [0.15, 0.2) is 6.07 Å². The molecule has 0 spiro atoms. The number of hydrogen-bond donors (Lipinski definition) is 2. The molecule has 0 amide bonds. The van der Waals surface area contributed by atoms with Crippen molar-refractivity contribution in [3.05, 3.63) is 11.9 Å². The van der Waals surface area contributed by atoms with Crippen LogP contribution in [0.3, 0.4) is 0 Å². The maximum atomic E-state index is 12.5. The predicted octanol–water partition coefficient (Wildman–Crippen LogP) is 1.91. The van der Waals surface area contributed by atoms with Gasteiger partial charge in [-0.3, -0.25) is 0 Å². The average Bonchev–Trinajstić information content (AvgIpc) is 2.13. The van der Waals surface area contributed by atoms with E-state index in [0.717, 1.165) is 0 Å². The molecule has 0 fully saturated rings. The van der Waals surface area contributed by atoms with Gasteiger partial charge in [-0.05, 0) is 13.8 Å². The van der Waals surface area contributed by atoms with Crippen molar-refractivity contribution in [3.8, 4) is 0 Å². The lowest BCUT2D eigenvalue weighted by molar-refractivity contribution is -0.144. The summed E-state index contributed by atoms with van der Waals surface area (Å²) in [4.78, 5) is 6.54. The second kappa shape index (κ2) is 4.97. The fraction of sp³-hybridized carbons (Fsp3) is 0.600. The van der Waals surface area contributed by atoms with Gasteiger partial charge >= 0.3 is 6.18 Å². The Kier molecular flexibility index (Phi) is 4.00. The van der Waals surface area contributed by atoms with Crippen molar-refractivity contribution in [1.82, 2.24) is 9.97 Å². The van der Waals surface area contributed by atoms with Crippen LogP contribution in [0, 0.1) is 0 Å². The van der Waals surface area contributed by atoms with Crippen LogP contribution >= 0.6 is 0 Å². The summed E-state index contributed by atoms with van der Waals surface area (Å²) in [7, 11) is 1.50. The number of aromatic nitrogens is 2. The van der Waals surface area contributed by atoms with Crippen LogP contribution in [0.25, 0.3) is 0 Å². The Labute approximate surface area is 103 Å². The van der Waals surface area contributed by atoms with Gasteiger partial charge in [0.15, 0.2) is 0 Å². The van der Waals surface area contributed by atoms with Crippen molar-refractivity contribution < 1.29 is 17.9 Å². The number of hydrogen-bond acceptors (Lipinski definition) is 5. The smallest absolute Gasteiger partial charge is 0.384 e. The number of halogens is 3. The monoisotopic (exact) mass is 264 g/mol. The first kappa shape index (κ1) is 14.5. The van der Waals surface area contributed by atoms with Gasteiger partial charge in [0.1, 0.15) is 11.6 Å². The predicted molar refractivity (Wildman–Crippen MR) is 61.0 cm³/mol. The number of nitrogens with zero attached hydrogens (tertiary/aromatic N) is 2. The van der Waals surface area contributed by atoms with Gasteiger partial charge in [-0.15, -0.1) is 0 Å². The van der Waals surface area contributed by atoms with Gasteiger partial charge in [-0.25, -0.2) is 9.97 Å². The van der Waals surface area contributed by atoms with Crippen molar-refractivity contribution in [3.63, 3.8) is 0 Å². The maximum absolute atomic E-state index is 12.5. The number of nitrogens with two attached hydrogens (primary N) is 1. The molecule has 18 heavy (non-hydrogen) atoms. The van der Waals surface area contributed by atoms with Crippen molar-refractivity contribution >= 4 is 11.6 Å². The molecule has 1 aromatic rings. The molecular weight excluding hydrogens is 249 g/mol. The van der Waals surface area contributed by atoms with Gasteiger partial charge in [0.05, 0.1) is 12.1 Å². The number of methoxy groups -OCH3 is 1. The first-order chi connectivity index (χ1) is 8.14. The summed E-state index contributed by atoms with van der Waals surface area (Å²) >= 11 is 0. The average molecular weight is 264 g/mol. The zero-order valence-corrected chi connectivity index (χ0v) is 10.3. The van der Waals surface area contributed by atoms with Crippen LogP contribution < -0.4 is 11.1 Å². The zero-order valence-electron chi connectivity index (χ0n) is 10.3. The van der Waals surface area contributed by atoms with E-state index in [1.807, 2.05) is 0 Å². The molecule has 0 bridgehead atoms. The number of alkyl halides is 3. The Morgan fingerprint density at radius 3 is 2.44 bits per heavy atom. The Morgan fingerprint density at radius 2 is 1.94 bits per heavy atom. The summed E-state index contributed by atoms with van der Waals surface area (Å²) in [5.74, 6) is -1.50. The summed E-state index contributed by atoms with van der Waals surface area (Å²) in [5.41, 5.74) is 4.76. The lowest BCUT2D eigenvalue weighted by atomic mass is 10.1. The van der Waals surface area contributed by atoms with Crippen LogP contribution in [0.2, 0.25) is 0 Å². The molecule has 1 aromatic heterocycles. The molecule has 0 radical (unpaired) electrons. The second-order valence-corrected chi connectivity index (χ2v) is 4.44. The normalized spacial score (nSPS) is 12.6. The van der Waals surface area contributed by atoms with Crippen molar-refractivity contribution in [1.29, 1.82) is 0 Å². The minimum absolute atomic E-state index is 0.0110. The van der Waals surface area contributed by atoms with Crippen LogP contribution in [-0.4, -0.2) is 29.2 Å². The highest BCUT2D eigenvalue weighted by molar-refractivity contribution is 5.46. The highest BCUT2D eigenvalue weighted by atomic mass is 19.4. The molecule has 0 aliphatic carbocycles. The second-order valence-electron chi connectivity index (χ2n) is 4.44. The standard InChI is InChI=1S/C10H15F3N4O/c1-9(2,5-18-3)17-7-4-6(14)15-8(16-7)10(11,12)13/h4H,5H2,1-3H3,(H3,14,15,16,17). The fourth-order valence-electron chi connectivity index (χ4n) is 1.40. The number of nitrogen functional groups attached to an aromatic ring is 1. The molecule has 0 saturated heterocycles. The Morgan fingerprint density at radius 1 is 1.33 bits per heavy atom. The third-order valence-electron chi connectivity index (χ3n) is 1.97. The Hall–Kier alpha value is -1.57. The van der Waals surface area contributed by atoms with Crippen molar-refractivity contribution in [2.45, 2.75) is 25.6 Å². The van der Waals surface area contributed by atoms with E-state index in [1.54, 1.807) is 13.8 Å². The molecule has 8 heteroatoms. The fourth-order valence-corrected chi connectivity index (χ4v) is 1.40. The SMILES string of the molecule is COCC(C)(C)Nc1cc(N)nc(C(F)(F)F)n1. The zero-order chi connectivity index (χ0) is 14.0. The lowest BCUT2D eigenvalue weighted by Gasteiger charge is -2.26. The van der Waals surface area contributed by atoms with Gasteiger partial charge in [-0.1, -0.05) is 0 Å². The van der Waals surface area contributed by atoms with E-state index in [9.17, 15) is 13.2 Å². The number of rotatable bonds is 4. The van der Waals surface area contributed by atoms with Gasteiger partial charge in [0.2, 0.25) is 5.82 Å². The molecule has 0 atom stereocenters.